The van der Waals surface area contributed by atoms with Gasteiger partial charge in [-0.1, -0.05) is 0 Å². The van der Waals surface area contributed by atoms with Crippen LogP contribution in [-0.2, 0) is 0 Å². The Morgan fingerprint density at radius 3 is 2.62 bits per heavy atom. The molecule has 0 aliphatic heterocycles. The van der Waals surface area contributed by atoms with E-state index in [1.165, 1.54) is 0 Å². The number of nitrogens with zero attached hydrogens (tertiary/aromatic N) is 1. The lowest BCUT2D eigenvalue weighted by Gasteiger charge is -2.26. The highest BCUT2D eigenvalue weighted by Gasteiger charge is 2.36. The molecular weight excluding hydrogens is 236 g/mol. The summed E-state index contributed by atoms with van der Waals surface area (Å²) >= 11 is 5.82. The molecule has 1 aromatic rings. The van der Waals surface area contributed by atoms with Gasteiger partial charge in [0, 0.05) is 18.8 Å². The van der Waals surface area contributed by atoms with Crippen molar-refractivity contribution in [3.05, 3.63) is 17.8 Å². The summed E-state index contributed by atoms with van der Waals surface area (Å²) in [6.45, 7) is 1.77. The van der Waals surface area contributed by atoms with E-state index < -0.39 is 5.92 Å². The molecule has 16 heavy (non-hydrogen) atoms. The van der Waals surface area contributed by atoms with E-state index in [9.17, 15) is 8.78 Å². The Kier molecular flexibility index (Phi) is 3.19. The summed E-state index contributed by atoms with van der Waals surface area (Å²) in [5.74, 6) is -1.28. The molecule has 1 unspecified atom stereocenters. The van der Waals surface area contributed by atoms with Crippen LogP contribution < -0.4 is 0 Å². The van der Waals surface area contributed by atoms with Gasteiger partial charge in [-0.25, -0.2) is 13.8 Å². The number of hydrogen-bond acceptors (Lipinski definition) is 2. The van der Waals surface area contributed by atoms with E-state index in [0.29, 0.717) is 24.5 Å². The highest BCUT2D eigenvalue weighted by atomic mass is 35.5. The minimum Gasteiger partial charge on any atom is -0.444 e. The molecule has 0 N–H and O–H groups in total. The third kappa shape index (κ3) is 2.54. The zero-order valence-electron chi connectivity index (χ0n) is 9.05. The van der Waals surface area contributed by atoms with E-state index in [2.05, 4.69) is 4.98 Å². The summed E-state index contributed by atoms with van der Waals surface area (Å²) in [4.78, 5) is 4.04. The smallest absolute Gasteiger partial charge is 0.248 e. The molecule has 5 heteroatoms. The van der Waals surface area contributed by atoms with Crippen LogP contribution in [0, 0.1) is 0 Å². The van der Waals surface area contributed by atoms with Crippen LogP contribution in [0.2, 0.25) is 0 Å². The molecule has 90 valence electrons. The third-order valence-corrected chi connectivity index (χ3v) is 3.19. The number of rotatable bonds is 2. The van der Waals surface area contributed by atoms with Crippen molar-refractivity contribution in [1.29, 1.82) is 0 Å². The molecular formula is C11H14ClF2NO. The van der Waals surface area contributed by atoms with E-state index in [-0.39, 0.29) is 24.1 Å². The third-order valence-electron chi connectivity index (χ3n) is 3.00. The molecule has 0 spiro atoms. The fourth-order valence-electron chi connectivity index (χ4n) is 2.00. The van der Waals surface area contributed by atoms with Crippen LogP contribution in [0.3, 0.4) is 0 Å². The normalized spacial score (nSPS) is 23.2. The molecule has 1 aliphatic carbocycles. The van der Waals surface area contributed by atoms with Crippen molar-refractivity contribution in [1.82, 2.24) is 4.98 Å². The zero-order chi connectivity index (χ0) is 11.8. The molecule has 2 rings (SSSR count). The summed E-state index contributed by atoms with van der Waals surface area (Å²) in [5, 5.41) is -0.279. The Bertz CT molecular complexity index is 355. The molecule has 0 aromatic carbocycles. The van der Waals surface area contributed by atoms with Crippen molar-refractivity contribution in [2.24, 2.45) is 0 Å². The van der Waals surface area contributed by atoms with Crippen LogP contribution >= 0.6 is 11.6 Å². The zero-order valence-corrected chi connectivity index (χ0v) is 9.81. The molecule has 1 atom stereocenters. The Hall–Kier alpha value is -0.640. The van der Waals surface area contributed by atoms with Gasteiger partial charge in [-0.2, -0.15) is 0 Å². The summed E-state index contributed by atoms with van der Waals surface area (Å²) in [6, 6.07) is 0. The lowest BCUT2D eigenvalue weighted by Crippen LogP contribution is -2.23. The molecule has 0 saturated heterocycles. The highest BCUT2D eigenvalue weighted by molar-refractivity contribution is 6.20. The van der Waals surface area contributed by atoms with Gasteiger partial charge >= 0.3 is 0 Å². The van der Waals surface area contributed by atoms with Crippen LogP contribution in [0.5, 0.6) is 0 Å². The van der Waals surface area contributed by atoms with Gasteiger partial charge in [0.15, 0.2) is 0 Å². The average Bonchev–Trinajstić information content (AvgIpc) is 2.66. The van der Waals surface area contributed by atoms with E-state index in [1.54, 1.807) is 13.1 Å². The quantitative estimate of drug-likeness (QED) is 0.732. The first kappa shape index (κ1) is 11.8. The second-order valence-electron chi connectivity index (χ2n) is 4.35. The molecule has 1 aliphatic rings. The summed E-state index contributed by atoms with van der Waals surface area (Å²) in [5.41, 5.74) is 0. The highest BCUT2D eigenvalue weighted by Crippen LogP contribution is 2.41. The molecule has 0 bridgehead atoms. The van der Waals surface area contributed by atoms with E-state index in [0.717, 1.165) is 0 Å². The second-order valence-corrected chi connectivity index (χ2v) is 5.00. The fourth-order valence-corrected chi connectivity index (χ4v) is 2.10. The van der Waals surface area contributed by atoms with Gasteiger partial charge in [0.2, 0.25) is 11.8 Å². The predicted molar refractivity (Wildman–Crippen MR) is 56.9 cm³/mol. The predicted octanol–water partition coefficient (Wildman–Crippen LogP) is 4.27. The van der Waals surface area contributed by atoms with Crippen LogP contribution in [-0.4, -0.2) is 10.9 Å². The fraction of sp³-hybridized carbons (Fsp3) is 0.727. The van der Waals surface area contributed by atoms with Crippen molar-refractivity contribution < 1.29 is 13.2 Å². The van der Waals surface area contributed by atoms with Gasteiger partial charge in [0.25, 0.3) is 0 Å². The molecule has 1 heterocycles. The van der Waals surface area contributed by atoms with Crippen molar-refractivity contribution in [2.75, 3.05) is 0 Å². The van der Waals surface area contributed by atoms with Crippen LogP contribution in [0.15, 0.2) is 10.6 Å². The number of alkyl halides is 3. The van der Waals surface area contributed by atoms with Crippen LogP contribution in [0.25, 0.3) is 0 Å². The van der Waals surface area contributed by atoms with Crippen molar-refractivity contribution in [2.45, 2.75) is 49.8 Å². The monoisotopic (exact) mass is 249 g/mol. The number of halogens is 3. The molecule has 1 fully saturated rings. The second kappa shape index (κ2) is 4.32. The van der Waals surface area contributed by atoms with Gasteiger partial charge in [-0.15, -0.1) is 11.6 Å². The van der Waals surface area contributed by atoms with Crippen LogP contribution in [0.1, 0.15) is 55.6 Å². The largest absolute Gasteiger partial charge is 0.444 e. The lowest BCUT2D eigenvalue weighted by atomic mass is 9.85. The van der Waals surface area contributed by atoms with Crippen molar-refractivity contribution >= 4 is 11.6 Å². The maximum absolute atomic E-state index is 13.0. The summed E-state index contributed by atoms with van der Waals surface area (Å²) in [6.07, 6.45) is 2.40. The van der Waals surface area contributed by atoms with E-state index in [4.69, 9.17) is 16.0 Å². The Labute approximate surface area is 98.0 Å². The van der Waals surface area contributed by atoms with Crippen molar-refractivity contribution in [3.8, 4) is 0 Å². The lowest BCUT2D eigenvalue weighted by molar-refractivity contribution is -0.0395. The maximum Gasteiger partial charge on any atom is 0.248 e. The first-order chi connectivity index (χ1) is 7.48. The van der Waals surface area contributed by atoms with Gasteiger partial charge in [0.05, 0.1) is 6.20 Å². The molecule has 1 aromatic heterocycles. The molecule has 0 amide bonds. The first-order valence-electron chi connectivity index (χ1n) is 5.45. The number of oxazole rings is 1. The molecule has 2 nitrogen and oxygen atoms in total. The standard InChI is InChI=1S/C11H14ClF2NO/c1-7(12)10-15-6-9(16-10)8-2-4-11(13,14)5-3-8/h6-8H,2-5H2,1H3. The Morgan fingerprint density at radius 2 is 2.12 bits per heavy atom. The summed E-state index contributed by atoms with van der Waals surface area (Å²) < 4.78 is 31.4. The van der Waals surface area contributed by atoms with Gasteiger partial charge in [-0.3, -0.25) is 0 Å². The maximum atomic E-state index is 13.0. The first-order valence-corrected chi connectivity index (χ1v) is 5.89. The summed E-state index contributed by atoms with van der Waals surface area (Å²) in [7, 11) is 0. The minimum atomic E-state index is -2.50. The van der Waals surface area contributed by atoms with Crippen molar-refractivity contribution in [3.63, 3.8) is 0 Å². The average molecular weight is 250 g/mol. The SMILES string of the molecule is CC(Cl)c1ncc(C2CCC(F)(F)CC2)o1. The van der Waals surface area contributed by atoms with Gasteiger partial charge in [-0.05, 0) is 19.8 Å². The van der Waals surface area contributed by atoms with Gasteiger partial charge in [0.1, 0.15) is 11.1 Å². The van der Waals surface area contributed by atoms with Gasteiger partial charge < -0.3 is 4.42 Å². The topological polar surface area (TPSA) is 26.0 Å². The number of aromatic nitrogens is 1. The van der Waals surface area contributed by atoms with E-state index in [1.807, 2.05) is 0 Å². The Balaban J connectivity index is 2.03. The van der Waals surface area contributed by atoms with Crippen LogP contribution in [0.4, 0.5) is 8.78 Å². The minimum absolute atomic E-state index is 0.0653. The number of hydrogen-bond donors (Lipinski definition) is 0. The van der Waals surface area contributed by atoms with E-state index >= 15 is 0 Å². The Morgan fingerprint density at radius 1 is 1.50 bits per heavy atom. The molecule has 0 radical (unpaired) electrons. The molecule has 1 saturated carbocycles.